The van der Waals surface area contributed by atoms with Crippen LogP contribution in [-0.4, -0.2) is 58.4 Å². The van der Waals surface area contributed by atoms with Gasteiger partial charge in [0.1, 0.15) is 5.69 Å². The molecule has 6 heteroatoms. The molecular weight excluding hydrogens is 266 g/mol. The average Bonchev–Trinajstić information content (AvgIpc) is 3.08. The van der Waals surface area contributed by atoms with Crippen molar-refractivity contribution in [2.75, 3.05) is 33.4 Å². The number of H-pyrrole nitrogens is 1. The second kappa shape index (κ2) is 6.78. The largest absolute Gasteiger partial charge is 0.383 e. The fourth-order valence-electron chi connectivity index (χ4n) is 2.83. The van der Waals surface area contributed by atoms with Gasteiger partial charge in [-0.3, -0.25) is 10.1 Å². The van der Waals surface area contributed by atoms with E-state index >= 15 is 0 Å². The fourth-order valence-corrected chi connectivity index (χ4v) is 2.83. The zero-order valence-corrected chi connectivity index (χ0v) is 12.3. The van der Waals surface area contributed by atoms with Crippen molar-refractivity contribution in [3.63, 3.8) is 0 Å². The van der Waals surface area contributed by atoms with E-state index in [4.69, 9.17) is 9.72 Å². The van der Waals surface area contributed by atoms with Crippen molar-refractivity contribution in [3.8, 4) is 11.4 Å². The smallest absolute Gasteiger partial charge is 0.107 e. The highest BCUT2D eigenvalue weighted by molar-refractivity contribution is 5.51. The van der Waals surface area contributed by atoms with Gasteiger partial charge in [-0.25, -0.2) is 4.98 Å². The predicted octanol–water partition coefficient (Wildman–Crippen LogP) is 1.69. The van der Waals surface area contributed by atoms with Crippen LogP contribution in [0.1, 0.15) is 24.5 Å². The Kier molecular flexibility index (Phi) is 4.57. The first-order chi connectivity index (χ1) is 10.4. The van der Waals surface area contributed by atoms with Crippen LogP contribution in [-0.2, 0) is 4.74 Å². The number of nitrogens with zero attached hydrogens (tertiary/aromatic N) is 4. The lowest BCUT2D eigenvalue weighted by molar-refractivity contribution is 0.127. The minimum atomic E-state index is 0.450. The molecule has 0 amide bonds. The number of piperidine rings is 1. The molecule has 21 heavy (non-hydrogen) atoms. The predicted molar refractivity (Wildman–Crippen MR) is 79.9 cm³/mol. The average molecular weight is 287 g/mol. The molecular formula is C15H21N5O. The number of ether oxygens (including phenoxy) is 1. The summed E-state index contributed by atoms with van der Waals surface area (Å²) in [6.07, 6.45) is 7.78. The Balaban J connectivity index is 1.72. The molecule has 0 unspecified atom stereocenters. The van der Waals surface area contributed by atoms with Crippen molar-refractivity contribution in [2.24, 2.45) is 0 Å². The van der Waals surface area contributed by atoms with Crippen LogP contribution in [0, 0.1) is 0 Å². The molecule has 0 saturated carbocycles. The second-order valence-electron chi connectivity index (χ2n) is 5.43. The Hall–Kier alpha value is -1.79. The van der Waals surface area contributed by atoms with Gasteiger partial charge in [-0.2, -0.15) is 5.10 Å². The SMILES string of the molecule is COCCN1CCC[C@H](c2cncc(-c3ccn[nH]3)n2)C1. The van der Waals surface area contributed by atoms with Gasteiger partial charge >= 0.3 is 0 Å². The summed E-state index contributed by atoms with van der Waals surface area (Å²) in [4.78, 5) is 11.6. The van der Waals surface area contributed by atoms with Crippen LogP contribution >= 0.6 is 0 Å². The molecule has 1 aliphatic rings. The molecule has 1 atom stereocenters. The normalized spacial score (nSPS) is 19.8. The molecule has 2 aromatic heterocycles. The van der Waals surface area contributed by atoms with E-state index < -0.39 is 0 Å². The molecule has 1 saturated heterocycles. The van der Waals surface area contributed by atoms with Crippen molar-refractivity contribution in [3.05, 3.63) is 30.4 Å². The number of hydrogen-bond acceptors (Lipinski definition) is 5. The summed E-state index contributed by atoms with van der Waals surface area (Å²) in [5, 5.41) is 6.91. The maximum absolute atomic E-state index is 5.17. The highest BCUT2D eigenvalue weighted by Crippen LogP contribution is 2.26. The third-order valence-corrected chi connectivity index (χ3v) is 3.97. The topological polar surface area (TPSA) is 66.9 Å². The van der Waals surface area contributed by atoms with E-state index in [9.17, 15) is 0 Å². The van der Waals surface area contributed by atoms with Crippen LogP contribution in [0.15, 0.2) is 24.7 Å². The first-order valence-corrected chi connectivity index (χ1v) is 7.40. The Labute approximate surface area is 124 Å². The van der Waals surface area contributed by atoms with Crippen LogP contribution in [0.25, 0.3) is 11.4 Å². The van der Waals surface area contributed by atoms with Crippen molar-refractivity contribution in [1.29, 1.82) is 0 Å². The highest BCUT2D eigenvalue weighted by Gasteiger charge is 2.22. The molecule has 0 aromatic carbocycles. The summed E-state index contributed by atoms with van der Waals surface area (Å²) in [6.45, 7) is 3.95. The van der Waals surface area contributed by atoms with Gasteiger partial charge in [0.25, 0.3) is 0 Å². The van der Waals surface area contributed by atoms with E-state index in [0.717, 1.165) is 43.3 Å². The van der Waals surface area contributed by atoms with Crippen molar-refractivity contribution >= 4 is 0 Å². The summed E-state index contributed by atoms with van der Waals surface area (Å²) < 4.78 is 5.17. The van der Waals surface area contributed by atoms with Gasteiger partial charge in [-0.05, 0) is 25.5 Å². The Morgan fingerprint density at radius 2 is 2.38 bits per heavy atom. The van der Waals surface area contributed by atoms with Crippen molar-refractivity contribution in [2.45, 2.75) is 18.8 Å². The van der Waals surface area contributed by atoms with Crippen molar-refractivity contribution < 1.29 is 4.74 Å². The minimum absolute atomic E-state index is 0.450. The van der Waals surface area contributed by atoms with E-state index in [2.05, 4.69) is 20.1 Å². The molecule has 3 heterocycles. The Morgan fingerprint density at radius 3 is 3.19 bits per heavy atom. The summed E-state index contributed by atoms with van der Waals surface area (Å²) >= 11 is 0. The molecule has 1 fully saturated rings. The van der Waals surface area contributed by atoms with Crippen LogP contribution in [0.5, 0.6) is 0 Å². The first kappa shape index (κ1) is 14.2. The zero-order valence-electron chi connectivity index (χ0n) is 12.3. The molecule has 0 spiro atoms. The van der Waals surface area contributed by atoms with E-state index in [1.807, 2.05) is 12.3 Å². The van der Waals surface area contributed by atoms with Gasteiger partial charge in [-0.15, -0.1) is 0 Å². The summed E-state index contributed by atoms with van der Waals surface area (Å²) in [6, 6.07) is 1.92. The van der Waals surface area contributed by atoms with Gasteiger partial charge in [0.05, 0.1) is 24.2 Å². The lowest BCUT2D eigenvalue weighted by Gasteiger charge is -2.32. The molecule has 3 rings (SSSR count). The lowest BCUT2D eigenvalue weighted by atomic mass is 9.95. The Morgan fingerprint density at radius 1 is 1.43 bits per heavy atom. The zero-order chi connectivity index (χ0) is 14.5. The van der Waals surface area contributed by atoms with Gasteiger partial charge in [0.2, 0.25) is 0 Å². The third-order valence-electron chi connectivity index (χ3n) is 3.97. The molecule has 0 bridgehead atoms. The monoisotopic (exact) mass is 287 g/mol. The molecule has 2 aromatic rings. The van der Waals surface area contributed by atoms with Gasteiger partial charge in [0, 0.05) is 38.5 Å². The molecule has 0 radical (unpaired) electrons. The van der Waals surface area contributed by atoms with E-state index in [0.29, 0.717) is 5.92 Å². The van der Waals surface area contributed by atoms with Crippen molar-refractivity contribution in [1.82, 2.24) is 25.1 Å². The van der Waals surface area contributed by atoms with Crippen LogP contribution < -0.4 is 0 Å². The number of hydrogen-bond donors (Lipinski definition) is 1. The summed E-state index contributed by atoms with van der Waals surface area (Å²) in [5.41, 5.74) is 2.85. The molecule has 1 N–H and O–H groups in total. The molecule has 112 valence electrons. The number of likely N-dealkylation sites (tertiary alicyclic amines) is 1. The number of aromatic amines is 1. The Bertz CT molecular complexity index is 557. The van der Waals surface area contributed by atoms with Crippen LogP contribution in [0.3, 0.4) is 0 Å². The number of aromatic nitrogens is 4. The minimum Gasteiger partial charge on any atom is -0.383 e. The molecule has 1 aliphatic heterocycles. The first-order valence-electron chi connectivity index (χ1n) is 7.40. The summed E-state index contributed by atoms with van der Waals surface area (Å²) in [5.74, 6) is 0.450. The van der Waals surface area contributed by atoms with E-state index in [1.165, 1.54) is 12.8 Å². The van der Waals surface area contributed by atoms with E-state index in [-0.39, 0.29) is 0 Å². The molecule has 6 nitrogen and oxygen atoms in total. The van der Waals surface area contributed by atoms with Crippen LogP contribution in [0.2, 0.25) is 0 Å². The molecule has 0 aliphatic carbocycles. The maximum atomic E-state index is 5.17. The van der Waals surface area contributed by atoms with Gasteiger partial charge < -0.3 is 9.64 Å². The lowest BCUT2D eigenvalue weighted by Crippen LogP contribution is -2.36. The van der Waals surface area contributed by atoms with Crippen LogP contribution in [0.4, 0.5) is 0 Å². The van der Waals surface area contributed by atoms with E-state index in [1.54, 1.807) is 19.5 Å². The number of nitrogens with one attached hydrogen (secondary N) is 1. The third kappa shape index (κ3) is 3.46. The standard InChI is InChI=1S/C15H21N5O/c1-21-8-7-20-6-2-3-12(11-20)14-9-16-10-15(18-14)13-4-5-17-19-13/h4-5,9-10,12H,2-3,6-8,11H2,1H3,(H,17,19)/t12-/m0/s1. The van der Waals surface area contributed by atoms with Gasteiger partial charge in [-0.1, -0.05) is 0 Å². The summed E-state index contributed by atoms with van der Waals surface area (Å²) in [7, 11) is 1.75. The van der Waals surface area contributed by atoms with Gasteiger partial charge in [0.15, 0.2) is 0 Å². The second-order valence-corrected chi connectivity index (χ2v) is 5.43. The fraction of sp³-hybridized carbons (Fsp3) is 0.533. The number of methoxy groups -OCH3 is 1. The highest BCUT2D eigenvalue weighted by atomic mass is 16.5. The maximum Gasteiger partial charge on any atom is 0.107 e. The number of rotatable bonds is 5. The quantitative estimate of drug-likeness (QED) is 0.906.